The molecule has 5 heteroatoms. The van der Waals surface area contributed by atoms with Gasteiger partial charge < -0.3 is 9.64 Å². The van der Waals surface area contributed by atoms with Crippen LogP contribution in [0.15, 0.2) is 24.4 Å². The van der Waals surface area contributed by atoms with Crippen LogP contribution in [0.5, 0.6) is 0 Å². The standard InChI is InChI=1S/C15H22N2O3/c1-15(2,3)20-14(19)9-8-13(18)17(4)11-12-7-5-6-10-16-12/h5-7,10H,8-9,11H2,1-4H3. The highest BCUT2D eigenvalue weighted by Crippen LogP contribution is 2.10. The highest BCUT2D eigenvalue weighted by molar-refractivity contribution is 5.81. The molecule has 0 aromatic carbocycles. The quantitative estimate of drug-likeness (QED) is 0.774. The van der Waals surface area contributed by atoms with E-state index < -0.39 is 5.60 Å². The van der Waals surface area contributed by atoms with Gasteiger partial charge in [-0.25, -0.2) is 0 Å². The molecule has 0 unspecified atom stereocenters. The maximum atomic E-state index is 11.9. The fourth-order valence-corrected chi connectivity index (χ4v) is 1.62. The molecule has 0 saturated carbocycles. The van der Waals surface area contributed by atoms with Crippen LogP contribution in [-0.2, 0) is 20.9 Å². The first-order valence-corrected chi connectivity index (χ1v) is 6.63. The first-order valence-electron chi connectivity index (χ1n) is 6.63. The summed E-state index contributed by atoms with van der Waals surface area (Å²) in [6.45, 7) is 5.85. The normalized spacial score (nSPS) is 11.0. The van der Waals surface area contributed by atoms with Gasteiger partial charge in [0.05, 0.1) is 18.7 Å². The van der Waals surface area contributed by atoms with E-state index in [2.05, 4.69) is 4.98 Å². The number of hydrogen-bond donors (Lipinski definition) is 0. The third-order valence-electron chi connectivity index (χ3n) is 2.51. The van der Waals surface area contributed by atoms with Crippen LogP contribution in [0.25, 0.3) is 0 Å². The summed E-state index contributed by atoms with van der Waals surface area (Å²) in [7, 11) is 1.70. The van der Waals surface area contributed by atoms with Crippen molar-refractivity contribution in [3.05, 3.63) is 30.1 Å². The summed E-state index contributed by atoms with van der Waals surface area (Å²) in [4.78, 5) is 29.2. The van der Waals surface area contributed by atoms with Gasteiger partial charge in [-0.05, 0) is 32.9 Å². The average molecular weight is 278 g/mol. The third kappa shape index (κ3) is 6.31. The molecule has 0 bridgehead atoms. The number of carbonyl (C=O) groups is 2. The Kier molecular flexibility index (Phi) is 5.67. The van der Waals surface area contributed by atoms with Crippen LogP contribution in [0.4, 0.5) is 0 Å². The van der Waals surface area contributed by atoms with Gasteiger partial charge in [0.2, 0.25) is 5.91 Å². The van der Waals surface area contributed by atoms with E-state index in [1.165, 1.54) is 0 Å². The Morgan fingerprint density at radius 1 is 1.25 bits per heavy atom. The van der Waals surface area contributed by atoms with E-state index >= 15 is 0 Å². The Bertz CT molecular complexity index is 452. The van der Waals surface area contributed by atoms with E-state index in [0.717, 1.165) is 5.69 Å². The van der Waals surface area contributed by atoms with Crippen molar-refractivity contribution < 1.29 is 14.3 Å². The van der Waals surface area contributed by atoms with Gasteiger partial charge in [-0.15, -0.1) is 0 Å². The number of rotatable bonds is 5. The van der Waals surface area contributed by atoms with E-state index in [-0.39, 0.29) is 24.7 Å². The smallest absolute Gasteiger partial charge is 0.306 e. The van der Waals surface area contributed by atoms with Gasteiger partial charge in [-0.2, -0.15) is 0 Å². The molecule has 0 aliphatic carbocycles. The molecule has 0 atom stereocenters. The number of hydrogen-bond acceptors (Lipinski definition) is 4. The van der Waals surface area contributed by atoms with E-state index in [9.17, 15) is 9.59 Å². The van der Waals surface area contributed by atoms with Gasteiger partial charge >= 0.3 is 5.97 Å². The lowest BCUT2D eigenvalue weighted by atomic mass is 10.2. The van der Waals surface area contributed by atoms with E-state index in [1.807, 2.05) is 18.2 Å². The van der Waals surface area contributed by atoms with E-state index in [1.54, 1.807) is 38.9 Å². The lowest BCUT2D eigenvalue weighted by Crippen LogP contribution is -2.28. The molecule has 0 fully saturated rings. The van der Waals surface area contributed by atoms with E-state index in [0.29, 0.717) is 6.54 Å². The van der Waals surface area contributed by atoms with Crippen molar-refractivity contribution in [3.63, 3.8) is 0 Å². The largest absolute Gasteiger partial charge is 0.460 e. The number of ether oxygens (including phenoxy) is 1. The Labute approximate surface area is 119 Å². The zero-order valence-corrected chi connectivity index (χ0v) is 12.5. The van der Waals surface area contributed by atoms with Gasteiger partial charge in [-0.1, -0.05) is 6.07 Å². The highest BCUT2D eigenvalue weighted by atomic mass is 16.6. The minimum atomic E-state index is -0.514. The molecule has 0 aliphatic rings. The Morgan fingerprint density at radius 3 is 2.50 bits per heavy atom. The second-order valence-electron chi connectivity index (χ2n) is 5.66. The molecule has 0 spiro atoms. The molecule has 1 aromatic heterocycles. The molecule has 1 amide bonds. The lowest BCUT2D eigenvalue weighted by molar-refractivity contribution is -0.156. The van der Waals surface area contributed by atoms with Crippen LogP contribution in [0.3, 0.4) is 0 Å². The molecule has 1 rings (SSSR count). The molecule has 0 saturated heterocycles. The number of esters is 1. The van der Waals surface area contributed by atoms with E-state index in [4.69, 9.17) is 4.74 Å². The van der Waals surface area contributed by atoms with Gasteiger partial charge in [0.1, 0.15) is 5.60 Å². The Hall–Kier alpha value is -1.91. The molecule has 110 valence electrons. The summed E-state index contributed by atoms with van der Waals surface area (Å²) in [6.07, 6.45) is 1.94. The van der Waals surface area contributed by atoms with Crippen LogP contribution in [0.1, 0.15) is 39.3 Å². The Morgan fingerprint density at radius 2 is 1.95 bits per heavy atom. The number of aromatic nitrogens is 1. The van der Waals surface area contributed by atoms with Crippen LogP contribution >= 0.6 is 0 Å². The van der Waals surface area contributed by atoms with Gasteiger partial charge in [0.25, 0.3) is 0 Å². The van der Waals surface area contributed by atoms with Crippen LogP contribution < -0.4 is 0 Å². The second-order valence-corrected chi connectivity index (χ2v) is 5.66. The second kappa shape index (κ2) is 7.03. The maximum Gasteiger partial charge on any atom is 0.306 e. The zero-order chi connectivity index (χ0) is 15.2. The molecular weight excluding hydrogens is 256 g/mol. The SMILES string of the molecule is CN(Cc1ccccn1)C(=O)CCC(=O)OC(C)(C)C. The first kappa shape index (κ1) is 16.1. The van der Waals surface area contributed by atoms with Crippen molar-refractivity contribution in [1.82, 2.24) is 9.88 Å². The first-order chi connectivity index (χ1) is 9.28. The minimum Gasteiger partial charge on any atom is -0.460 e. The maximum absolute atomic E-state index is 11.9. The van der Waals surface area contributed by atoms with Crippen LogP contribution in [0.2, 0.25) is 0 Å². The Balaban J connectivity index is 2.37. The zero-order valence-electron chi connectivity index (χ0n) is 12.5. The molecule has 0 aliphatic heterocycles. The van der Waals surface area contributed by atoms with Crippen molar-refractivity contribution >= 4 is 11.9 Å². The third-order valence-corrected chi connectivity index (χ3v) is 2.51. The predicted molar refractivity (Wildman–Crippen MR) is 75.8 cm³/mol. The molecule has 0 N–H and O–H groups in total. The van der Waals surface area contributed by atoms with Crippen molar-refractivity contribution in [2.45, 2.75) is 45.8 Å². The fourth-order valence-electron chi connectivity index (χ4n) is 1.62. The summed E-state index contributed by atoms with van der Waals surface area (Å²) in [5.74, 6) is -0.446. The summed E-state index contributed by atoms with van der Waals surface area (Å²) in [6, 6.07) is 5.56. The fraction of sp³-hybridized carbons (Fsp3) is 0.533. The summed E-state index contributed by atoms with van der Waals surface area (Å²) in [5, 5.41) is 0. The van der Waals surface area contributed by atoms with Gasteiger partial charge in [0, 0.05) is 19.7 Å². The average Bonchev–Trinajstić information content (AvgIpc) is 2.35. The topological polar surface area (TPSA) is 59.5 Å². The highest BCUT2D eigenvalue weighted by Gasteiger charge is 2.18. The monoisotopic (exact) mass is 278 g/mol. The van der Waals surface area contributed by atoms with Gasteiger partial charge in [-0.3, -0.25) is 14.6 Å². The van der Waals surface area contributed by atoms with Crippen molar-refractivity contribution in [1.29, 1.82) is 0 Å². The molecule has 20 heavy (non-hydrogen) atoms. The van der Waals surface area contributed by atoms with Crippen molar-refractivity contribution in [2.24, 2.45) is 0 Å². The minimum absolute atomic E-state index is 0.0958. The van der Waals surface area contributed by atoms with Crippen LogP contribution in [-0.4, -0.2) is 34.4 Å². The summed E-state index contributed by atoms with van der Waals surface area (Å²) in [5.41, 5.74) is 0.306. The lowest BCUT2D eigenvalue weighted by Gasteiger charge is -2.20. The predicted octanol–water partition coefficient (Wildman–Crippen LogP) is 2.16. The van der Waals surface area contributed by atoms with Gasteiger partial charge in [0.15, 0.2) is 0 Å². The number of pyridine rings is 1. The van der Waals surface area contributed by atoms with Crippen LogP contribution in [0, 0.1) is 0 Å². The summed E-state index contributed by atoms with van der Waals surface area (Å²) < 4.78 is 5.16. The molecular formula is C15H22N2O3. The number of nitrogens with zero attached hydrogens (tertiary/aromatic N) is 2. The molecule has 1 heterocycles. The number of carbonyl (C=O) groups excluding carboxylic acids is 2. The number of amides is 1. The molecule has 0 radical (unpaired) electrons. The van der Waals surface area contributed by atoms with Crippen molar-refractivity contribution in [3.8, 4) is 0 Å². The molecule has 1 aromatic rings. The van der Waals surface area contributed by atoms with Crippen molar-refractivity contribution in [2.75, 3.05) is 7.05 Å². The summed E-state index contributed by atoms with van der Waals surface area (Å²) >= 11 is 0. The molecule has 5 nitrogen and oxygen atoms in total.